The normalized spacial score (nSPS) is 30.9. The highest BCUT2D eigenvalue weighted by molar-refractivity contribution is 9.10. The van der Waals surface area contributed by atoms with Gasteiger partial charge in [-0.3, -0.25) is 5.10 Å². The maximum absolute atomic E-state index is 10.3. The summed E-state index contributed by atoms with van der Waals surface area (Å²) in [6.07, 6.45) is 5.30. The van der Waals surface area contributed by atoms with Crippen LogP contribution in [0.2, 0.25) is 0 Å². The Labute approximate surface area is 178 Å². The van der Waals surface area contributed by atoms with Gasteiger partial charge in [0.1, 0.15) is 6.07 Å². The molecule has 4 heterocycles. The Morgan fingerprint density at radius 1 is 1.24 bits per heavy atom. The van der Waals surface area contributed by atoms with E-state index in [-0.39, 0.29) is 17.8 Å². The van der Waals surface area contributed by atoms with Gasteiger partial charge in [0.05, 0.1) is 23.7 Å². The molecule has 1 aromatic heterocycles. The first kappa shape index (κ1) is 18.5. The van der Waals surface area contributed by atoms with Crippen LogP contribution in [0.4, 0.5) is 5.82 Å². The van der Waals surface area contributed by atoms with Gasteiger partial charge < -0.3 is 4.90 Å². The molecular weight excluding hydrogens is 428 g/mol. The summed E-state index contributed by atoms with van der Waals surface area (Å²) in [5, 5.41) is 27.0. The molecule has 29 heavy (non-hydrogen) atoms. The molecule has 1 aliphatic carbocycles. The molecule has 2 aromatic rings. The number of halogens is 1. The molecule has 0 radical (unpaired) electrons. The lowest BCUT2D eigenvalue weighted by Gasteiger charge is -2.50. The Bertz CT molecular complexity index is 1070. The molecule has 0 spiro atoms. The largest absolute Gasteiger partial charge is 0.302 e. The molecule has 146 valence electrons. The Morgan fingerprint density at radius 3 is 2.83 bits per heavy atom. The van der Waals surface area contributed by atoms with Crippen LogP contribution < -0.4 is 0 Å². The SMILES string of the molecule is CN1C[C@@H]2CC[C@H]1[C@H](C1=Nc3[nH]ncc3C(c3cccc(C#N)c3Br)C1C#N)C2. The number of aliphatic imine (C=N–C) groups is 1. The van der Waals surface area contributed by atoms with Gasteiger partial charge in [-0.05, 0) is 59.8 Å². The number of piperidine rings is 2. The van der Waals surface area contributed by atoms with Gasteiger partial charge in [0.25, 0.3) is 0 Å². The highest BCUT2D eigenvalue weighted by Gasteiger charge is 2.47. The summed E-state index contributed by atoms with van der Waals surface area (Å²) in [6, 6.07) is 10.9. The van der Waals surface area contributed by atoms with Gasteiger partial charge in [0.15, 0.2) is 5.82 Å². The molecule has 2 unspecified atom stereocenters. The second kappa shape index (κ2) is 7.09. The summed E-state index contributed by atoms with van der Waals surface area (Å²) in [6.45, 7) is 1.14. The summed E-state index contributed by atoms with van der Waals surface area (Å²) >= 11 is 3.62. The summed E-state index contributed by atoms with van der Waals surface area (Å²) < 4.78 is 0.753. The van der Waals surface area contributed by atoms with Gasteiger partial charge in [-0.2, -0.15) is 15.6 Å². The van der Waals surface area contributed by atoms with Gasteiger partial charge >= 0.3 is 0 Å². The zero-order chi connectivity index (χ0) is 20.1. The zero-order valence-corrected chi connectivity index (χ0v) is 17.7. The predicted octanol–water partition coefficient (Wildman–Crippen LogP) is 4.13. The van der Waals surface area contributed by atoms with Crippen LogP contribution in [0, 0.1) is 40.4 Å². The van der Waals surface area contributed by atoms with Crippen molar-refractivity contribution in [2.75, 3.05) is 13.6 Å². The fourth-order valence-corrected chi connectivity index (χ4v) is 6.23. The first-order valence-electron chi connectivity index (χ1n) is 10.0. The van der Waals surface area contributed by atoms with E-state index in [9.17, 15) is 10.5 Å². The molecule has 3 aliphatic heterocycles. The maximum atomic E-state index is 10.3. The number of hydrogen-bond acceptors (Lipinski definition) is 5. The van der Waals surface area contributed by atoms with Crippen molar-refractivity contribution in [1.29, 1.82) is 10.5 Å². The van der Waals surface area contributed by atoms with Gasteiger partial charge in [-0.15, -0.1) is 0 Å². The van der Waals surface area contributed by atoms with Crippen LogP contribution in [-0.4, -0.2) is 40.4 Å². The smallest absolute Gasteiger partial charge is 0.151 e. The monoisotopic (exact) mass is 448 g/mol. The highest BCUT2D eigenvalue weighted by Crippen LogP contribution is 2.48. The van der Waals surface area contributed by atoms with Gasteiger partial charge in [0, 0.05) is 40.2 Å². The Hall–Kier alpha value is -2.48. The van der Waals surface area contributed by atoms with E-state index in [2.05, 4.69) is 50.2 Å². The van der Waals surface area contributed by atoms with Crippen molar-refractivity contribution in [3.63, 3.8) is 0 Å². The summed E-state index contributed by atoms with van der Waals surface area (Å²) in [4.78, 5) is 7.40. The molecule has 6 rings (SSSR count). The summed E-state index contributed by atoms with van der Waals surface area (Å²) in [5.41, 5.74) is 3.42. The van der Waals surface area contributed by atoms with Crippen molar-refractivity contribution in [2.24, 2.45) is 22.7 Å². The third-order valence-corrected chi connectivity index (χ3v) is 7.80. The quantitative estimate of drug-likeness (QED) is 0.746. The van der Waals surface area contributed by atoms with Crippen molar-refractivity contribution in [3.8, 4) is 12.1 Å². The second-order valence-corrected chi connectivity index (χ2v) is 9.20. The van der Waals surface area contributed by atoms with Crippen LogP contribution >= 0.6 is 15.9 Å². The molecule has 7 heteroatoms. The average molecular weight is 449 g/mol. The summed E-state index contributed by atoms with van der Waals surface area (Å²) in [5.74, 6) is 1.13. The number of nitriles is 2. The molecule has 1 N–H and O–H groups in total. The van der Waals surface area contributed by atoms with E-state index < -0.39 is 0 Å². The van der Waals surface area contributed by atoms with E-state index >= 15 is 0 Å². The van der Waals surface area contributed by atoms with Crippen molar-refractivity contribution in [3.05, 3.63) is 45.6 Å². The Morgan fingerprint density at radius 2 is 2.10 bits per heavy atom. The van der Waals surface area contributed by atoms with Gasteiger partial charge in [-0.25, -0.2) is 4.99 Å². The molecule has 6 nitrogen and oxygen atoms in total. The van der Waals surface area contributed by atoms with Crippen LogP contribution in [-0.2, 0) is 0 Å². The summed E-state index contributed by atoms with van der Waals surface area (Å²) in [7, 11) is 2.19. The lowest BCUT2D eigenvalue weighted by atomic mass is 9.65. The minimum absolute atomic E-state index is 0.199. The topological polar surface area (TPSA) is 91.9 Å². The number of aromatic amines is 1. The van der Waals surface area contributed by atoms with Gasteiger partial charge in [0.2, 0.25) is 0 Å². The number of benzene rings is 1. The first-order chi connectivity index (χ1) is 14.1. The molecular formula is C22H21BrN6. The van der Waals surface area contributed by atoms with Crippen molar-refractivity contribution < 1.29 is 0 Å². The molecule has 4 aliphatic rings. The molecule has 3 fully saturated rings. The van der Waals surface area contributed by atoms with E-state index in [1.165, 1.54) is 6.42 Å². The van der Waals surface area contributed by atoms with Gasteiger partial charge in [-0.1, -0.05) is 12.1 Å². The number of nitrogens with one attached hydrogen (secondary N) is 1. The van der Waals surface area contributed by atoms with Crippen LogP contribution in [0.15, 0.2) is 33.9 Å². The minimum Gasteiger partial charge on any atom is -0.302 e. The molecule has 2 bridgehead atoms. The molecule has 5 atom stereocenters. The van der Waals surface area contributed by atoms with Crippen LogP contribution in [0.3, 0.4) is 0 Å². The lowest BCUT2D eigenvalue weighted by Crippen LogP contribution is -2.54. The number of nitrogens with zero attached hydrogens (tertiary/aromatic N) is 5. The van der Waals surface area contributed by atoms with E-state index in [1.54, 1.807) is 12.3 Å². The number of H-pyrrole nitrogens is 1. The van der Waals surface area contributed by atoms with Crippen molar-refractivity contribution in [2.45, 2.75) is 31.2 Å². The number of aromatic nitrogens is 2. The maximum Gasteiger partial charge on any atom is 0.151 e. The van der Waals surface area contributed by atoms with E-state index in [0.717, 1.165) is 46.5 Å². The molecule has 0 amide bonds. The lowest BCUT2D eigenvalue weighted by molar-refractivity contribution is 0.0454. The number of hydrogen-bond donors (Lipinski definition) is 1. The fourth-order valence-electron chi connectivity index (χ4n) is 5.63. The highest BCUT2D eigenvalue weighted by atomic mass is 79.9. The standard InChI is InChI=1S/C22H21BrN6/c1-29-11-12-5-6-18(29)15(7-12)21-16(9-25)19(17-10-26-28-22(17)27-21)14-4-2-3-13(8-24)20(14)23/h2-4,10,12,15-16,18-19H,5-7,11H2,1H3,(H,26,28)/t12-,15-,16?,18+,19?/m1/s1. The van der Waals surface area contributed by atoms with E-state index in [4.69, 9.17) is 4.99 Å². The van der Waals surface area contributed by atoms with E-state index in [0.29, 0.717) is 17.5 Å². The number of fused-ring (bicyclic) bond motifs is 4. The first-order valence-corrected chi connectivity index (χ1v) is 10.8. The third-order valence-electron chi connectivity index (χ3n) is 6.91. The molecule has 2 saturated heterocycles. The van der Waals surface area contributed by atoms with Crippen molar-refractivity contribution >= 4 is 27.5 Å². The molecule has 1 aromatic carbocycles. The predicted molar refractivity (Wildman–Crippen MR) is 113 cm³/mol. The van der Waals surface area contributed by atoms with E-state index in [1.807, 2.05) is 12.1 Å². The second-order valence-electron chi connectivity index (χ2n) is 8.41. The minimum atomic E-state index is -0.372. The van der Waals surface area contributed by atoms with Crippen molar-refractivity contribution in [1.82, 2.24) is 15.1 Å². The zero-order valence-electron chi connectivity index (χ0n) is 16.1. The number of rotatable bonds is 2. The molecule has 1 saturated carbocycles. The van der Waals surface area contributed by atoms with Crippen LogP contribution in [0.5, 0.6) is 0 Å². The third kappa shape index (κ3) is 2.84. The fraction of sp³-hybridized carbons (Fsp3) is 0.455. The average Bonchev–Trinajstić information content (AvgIpc) is 3.21. The Balaban J connectivity index is 1.64. The van der Waals surface area contributed by atoms with Crippen LogP contribution in [0.25, 0.3) is 0 Å². The Kier molecular flexibility index (Phi) is 4.53. The van der Waals surface area contributed by atoms with Crippen LogP contribution in [0.1, 0.15) is 41.9 Å².